The van der Waals surface area contributed by atoms with Crippen LogP contribution in [-0.2, 0) is 10.3 Å². The van der Waals surface area contributed by atoms with Gasteiger partial charge in [0.25, 0.3) is 6.02 Å². The highest BCUT2D eigenvalue weighted by Gasteiger charge is 2.32. The SMILES string of the molecule is Cc1cc([C@@]2(C)COC(N)=N2)ccc1Cl. The van der Waals surface area contributed by atoms with Crippen LogP contribution in [0.5, 0.6) is 0 Å². The maximum atomic E-state index is 5.97. The van der Waals surface area contributed by atoms with E-state index >= 15 is 0 Å². The zero-order valence-electron chi connectivity index (χ0n) is 8.75. The number of rotatable bonds is 1. The van der Waals surface area contributed by atoms with E-state index in [-0.39, 0.29) is 11.6 Å². The molecule has 0 aliphatic carbocycles. The van der Waals surface area contributed by atoms with Gasteiger partial charge >= 0.3 is 0 Å². The molecule has 2 rings (SSSR count). The molecule has 4 heteroatoms. The molecule has 0 amide bonds. The van der Waals surface area contributed by atoms with E-state index in [4.69, 9.17) is 22.1 Å². The summed E-state index contributed by atoms with van der Waals surface area (Å²) >= 11 is 5.97. The zero-order valence-corrected chi connectivity index (χ0v) is 9.51. The van der Waals surface area contributed by atoms with E-state index in [9.17, 15) is 0 Å². The molecule has 1 aromatic rings. The van der Waals surface area contributed by atoms with Crippen LogP contribution in [0, 0.1) is 6.92 Å². The predicted molar refractivity (Wildman–Crippen MR) is 61.1 cm³/mol. The number of amidine groups is 1. The van der Waals surface area contributed by atoms with Crippen molar-refractivity contribution in [3.05, 3.63) is 34.3 Å². The van der Waals surface area contributed by atoms with E-state index in [0.29, 0.717) is 6.61 Å². The smallest absolute Gasteiger partial charge is 0.283 e. The third-order valence-electron chi connectivity index (χ3n) is 2.64. The molecule has 1 aliphatic rings. The summed E-state index contributed by atoms with van der Waals surface area (Å²) in [5.74, 6) is 0. The molecule has 3 nitrogen and oxygen atoms in total. The summed E-state index contributed by atoms with van der Waals surface area (Å²) in [4.78, 5) is 4.29. The van der Waals surface area contributed by atoms with Crippen LogP contribution >= 0.6 is 11.6 Å². The lowest BCUT2D eigenvalue weighted by Gasteiger charge is -2.19. The Balaban J connectivity index is 2.42. The molecule has 1 atom stereocenters. The number of nitrogens with zero attached hydrogens (tertiary/aromatic N) is 1. The van der Waals surface area contributed by atoms with Crippen LogP contribution in [0.4, 0.5) is 0 Å². The van der Waals surface area contributed by atoms with Crippen molar-refractivity contribution in [1.29, 1.82) is 0 Å². The van der Waals surface area contributed by atoms with Crippen LogP contribution in [0.3, 0.4) is 0 Å². The molecule has 0 saturated heterocycles. The Hall–Kier alpha value is -1.22. The number of aryl methyl sites for hydroxylation is 1. The molecule has 0 spiro atoms. The second-order valence-electron chi connectivity index (χ2n) is 3.98. The Morgan fingerprint density at radius 2 is 2.27 bits per heavy atom. The summed E-state index contributed by atoms with van der Waals surface area (Å²) in [6, 6.07) is 6.11. The van der Waals surface area contributed by atoms with E-state index < -0.39 is 0 Å². The Morgan fingerprint density at radius 1 is 1.53 bits per heavy atom. The summed E-state index contributed by atoms with van der Waals surface area (Å²) in [5, 5.41) is 0.762. The Morgan fingerprint density at radius 3 is 2.80 bits per heavy atom. The van der Waals surface area contributed by atoms with E-state index in [1.807, 2.05) is 32.0 Å². The van der Waals surface area contributed by atoms with Gasteiger partial charge in [-0.2, -0.15) is 0 Å². The molecular weight excluding hydrogens is 212 g/mol. The van der Waals surface area contributed by atoms with E-state index in [1.165, 1.54) is 0 Å². The van der Waals surface area contributed by atoms with Crippen LogP contribution in [0.1, 0.15) is 18.1 Å². The summed E-state index contributed by atoms with van der Waals surface area (Å²) in [6.45, 7) is 4.45. The largest absolute Gasteiger partial charge is 0.462 e. The van der Waals surface area contributed by atoms with Crippen LogP contribution in [0.15, 0.2) is 23.2 Å². The summed E-state index contributed by atoms with van der Waals surface area (Å²) in [7, 11) is 0. The number of aliphatic imine (C=N–C) groups is 1. The lowest BCUT2D eigenvalue weighted by atomic mass is 9.93. The summed E-state index contributed by atoms with van der Waals surface area (Å²) < 4.78 is 5.19. The minimum Gasteiger partial charge on any atom is -0.462 e. The summed E-state index contributed by atoms with van der Waals surface area (Å²) in [5.41, 5.74) is 7.25. The highest BCUT2D eigenvalue weighted by Crippen LogP contribution is 2.31. The Labute approximate surface area is 93.9 Å². The molecule has 0 radical (unpaired) electrons. The van der Waals surface area contributed by atoms with Gasteiger partial charge in [0.15, 0.2) is 0 Å². The van der Waals surface area contributed by atoms with Gasteiger partial charge in [-0.1, -0.05) is 23.7 Å². The van der Waals surface area contributed by atoms with Crippen LogP contribution in [0.2, 0.25) is 5.02 Å². The molecule has 0 fully saturated rings. The number of nitrogens with two attached hydrogens (primary N) is 1. The first-order chi connectivity index (χ1) is 7.01. The molecule has 1 aromatic carbocycles. The minimum absolute atomic E-state index is 0.255. The molecule has 0 unspecified atom stereocenters. The molecule has 0 bridgehead atoms. The van der Waals surface area contributed by atoms with Gasteiger partial charge in [-0.25, -0.2) is 4.99 Å². The average molecular weight is 225 g/mol. The Bertz CT molecular complexity index is 431. The topological polar surface area (TPSA) is 47.6 Å². The van der Waals surface area contributed by atoms with Gasteiger partial charge in [0.1, 0.15) is 12.1 Å². The van der Waals surface area contributed by atoms with Crippen molar-refractivity contribution >= 4 is 17.6 Å². The van der Waals surface area contributed by atoms with Crippen LogP contribution in [-0.4, -0.2) is 12.6 Å². The molecule has 2 N–H and O–H groups in total. The first-order valence-electron chi connectivity index (χ1n) is 4.76. The average Bonchev–Trinajstić information content (AvgIpc) is 2.52. The normalized spacial score (nSPS) is 24.9. The fourth-order valence-electron chi connectivity index (χ4n) is 1.65. The number of benzene rings is 1. The van der Waals surface area contributed by atoms with Crippen molar-refractivity contribution in [2.45, 2.75) is 19.4 Å². The molecule has 1 heterocycles. The third-order valence-corrected chi connectivity index (χ3v) is 3.06. The number of hydrogen-bond acceptors (Lipinski definition) is 3. The van der Waals surface area contributed by atoms with Crippen molar-refractivity contribution in [2.75, 3.05) is 6.61 Å². The molecule has 0 saturated carbocycles. The minimum atomic E-state index is -0.376. The van der Waals surface area contributed by atoms with Gasteiger partial charge in [0, 0.05) is 5.02 Å². The van der Waals surface area contributed by atoms with Crippen molar-refractivity contribution in [3.63, 3.8) is 0 Å². The standard InChI is InChI=1S/C11H13ClN2O/c1-7-5-8(3-4-9(7)12)11(2)6-15-10(13)14-11/h3-5H,6H2,1-2H3,(H2,13,14)/t11-/m1/s1. The lowest BCUT2D eigenvalue weighted by Crippen LogP contribution is -2.20. The van der Waals surface area contributed by atoms with Crippen molar-refractivity contribution in [2.24, 2.45) is 10.7 Å². The van der Waals surface area contributed by atoms with Gasteiger partial charge in [-0.15, -0.1) is 0 Å². The summed E-state index contributed by atoms with van der Waals surface area (Å²) in [6.07, 6.45) is 0. The molecule has 15 heavy (non-hydrogen) atoms. The second kappa shape index (κ2) is 3.42. The van der Waals surface area contributed by atoms with E-state index in [0.717, 1.165) is 16.1 Å². The van der Waals surface area contributed by atoms with Gasteiger partial charge < -0.3 is 10.5 Å². The van der Waals surface area contributed by atoms with Crippen molar-refractivity contribution in [3.8, 4) is 0 Å². The number of ether oxygens (including phenoxy) is 1. The van der Waals surface area contributed by atoms with E-state index in [1.54, 1.807) is 0 Å². The number of hydrogen-bond donors (Lipinski definition) is 1. The predicted octanol–water partition coefficient (Wildman–Crippen LogP) is 2.21. The first-order valence-corrected chi connectivity index (χ1v) is 5.14. The maximum absolute atomic E-state index is 5.97. The van der Waals surface area contributed by atoms with Gasteiger partial charge in [-0.05, 0) is 31.0 Å². The van der Waals surface area contributed by atoms with Crippen LogP contribution in [0.25, 0.3) is 0 Å². The number of halogens is 1. The quantitative estimate of drug-likeness (QED) is 0.795. The Kier molecular flexibility index (Phi) is 2.35. The molecular formula is C11H13ClN2O. The van der Waals surface area contributed by atoms with Gasteiger partial charge in [0.05, 0.1) is 0 Å². The zero-order chi connectivity index (χ0) is 11.1. The molecule has 1 aliphatic heterocycles. The first kappa shape index (κ1) is 10.3. The van der Waals surface area contributed by atoms with Gasteiger partial charge in [0.2, 0.25) is 0 Å². The molecule has 80 valence electrons. The lowest BCUT2D eigenvalue weighted by molar-refractivity contribution is 0.266. The maximum Gasteiger partial charge on any atom is 0.283 e. The van der Waals surface area contributed by atoms with Gasteiger partial charge in [-0.3, -0.25) is 0 Å². The van der Waals surface area contributed by atoms with Crippen molar-refractivity contribution in [1.82, 2.24) is 0 Å². The van der Waals surface area contributed by atoms with Crippen molar-refractivity contribution < 1.29 is 4.74 Å². The molecule has 0 aromatic heterocycles. The highest BCUT2D eigenvalue weighted by atomic mass is 35.5. The van der Waals surface area contributed by atoms with Crippen LogP contribution < -0.4 is 5.73 Å². The fraction of sp³-hybridized carbons (Fsp3) is 0.364. The highest BCUT2D eigenvalue weighted by molar-refractivity contribution is 6.31. The third kappa shape index (κ3) is 1.79. The fourth-order valence-corrected chi connectivity index (χ4v) is 1.77. The monoisotopic (exact) mass is 224 g/mol. The van der Waals surface area contributed by atoms with E-state index in [2.05, 4.69) is 4.99 Å². The second-order valence-corrected chi connectivity index (χ2v) is 4.38.